The van der Waals surface area contributed by atoms with Crippen LogP contribution in [-0.2, 0) is 19.4 Å². The van der Waals surface area contributed by atoms with E-state index in [2.05, 4.69) is 29.1 Å². The van der Waals surface area contributed by atoms with Crippen molar-refractivity contribution in [2.75, 3.05) is 7.05 Å². The summed E-state index contributed by atoms with van der Waals surface area (Å²) in [6.45, 7) is 5.14. The minimum absolute atomic E-state index is 0.796. The molecule has 2 heterocycles. The lowest BCUT2D eigenvalue weighted by atomic mass is 10.1. The quantitative estimate of drug-likeness (QED) is 0.756. The van der Waals surface area contributed by atoms with E-state index in [1.54, 1.807) is 0 Å². The molecular weight excluding hydrogens is 262 g/mol. The van der Waals surface area contributed by atoms with Gasteiger partial charge in [0, 0.05) is 12.1 Å². The van der Waals surface area contributed by atoms with Gasteiger partial charge in [-0.15, -0.1) is 0 Å². The Morgan fingerprint density at radius 2 is 2.00 bits per heavy atom. The molecule has 5 nitrogen and oxygen atoms in total. The van der Waals surface area contributed by atoms with Crippen LogP contribution in [0.1, 0.15) is 30.8 Å². The van der Waals surface area contributed by atoms with Crippen molar-refractivity contribution >= 4 is 11.0 Å². The number of fused-ring (bicyclic) bond motifs is 1. The maximum absolute atomic E-state index is 4.77. The van der Waals surface area contributed by atoms with Crippen LogP contribution < -0.4 is 5.32 Å². The average molecular weight is 283 g/mol. The first-order chi connectivity index (χ1) is 10.3. The number of benzene rings is 1. The highest BCUT2D eigenvalue weighted by Crippen LogP contribution is 2.21. The largest absolute Gasteiger partial charge is 0.322 e. The second-order valence-electron chi connectivity index (χ2n) is 5.10. The van der Waals surface area contributed by atoms with Crippen molar-refractivity contribution in [1.29, 1.82) is 0 Å². The molecule has 110 valence electrons. The van der Waals surface area contributed by atoms with E-state index in [4.69, 9.17) is 5.10 Å². The van der Waals surface area contributed by atoms with Gasteiger partial charge in [-0.1, -0.05) is 26.0 Å². The van der Waals surface area contributed by atoms with Crippen molar-refractivity contribution in [1.82, 2.24) is 25.1 Å². The monoisotopic (exact) mass is 283 g/mol. The zero-order chi connectivity index (χ0) is 14.8. The fraction of sp³-hybridized carbons (Fsp3) is 0.375. The van der Waals surface area contributed by atoms with E-state index in [1.165, 1.54) is 11.3 Å². The molecule has 0 aliphatic rings. The summed E-state index contributed by atoms with van der Waals surface area (Å²) in [5.41, 5.74) is 5.67. The number of H-pyrrole nitrogens is 1. The summed E-state index contributed by atoms with van der Waals surface area (Å²) in [7, 11) is 1.97. The predicted octanol–water partition coefficient (Wildman–Crippen LogP) is 2.59. The highest BCUT2D eigenvalue weighted by molar-refractivity contribution is 5.75. The lowest BCUT2D eigenvalue weighted by molar-refractivity contribution is 0.753. The van der Waals surface area contributed by atoms with Gasteiger partial charge >= 0.3 is 0 Å². The first-order valence-electron chi connectivity index (χ1n) is 7.47. The lowest BCUT2D eigenvalue weighted by Crippen LogP contribution is -2.09. The van der Waals surface area contributed by atoms with Crippen molar-refractivity contribution < 1.29 is 0 Å². The molecule has 0 saturated heterocycles. The molecule has 0 atom stereocenters. The van der Waals surface area contributed by atoms with Crippen molar-refractivity contribution in [3.63, 3.8) is 0 Å². The Morgan fingerprint density at radius 3 is 2.67 bits per heavy atom. The van der Waals surface area contributed by atoms with E-state index in [1.807, 2.05) is 36.0 Å². The van der Waals surface area contributed by atoms with Gasteiger partial charge in [-0.3, -0.25) is 0 Å². The SMILES string of the molecule is CCc1nn(-c2nc3ccccc3[nH]2)c(CC)c1CNC. The zero-order valence-electron chi connectivity index (χ0n) is 12.8. The molecular formula is C16H21N5. The summed E-state index contributed by atoms with van der Waals surface area (Å²) in [4.78, 5) is 8.03. The van der Waals surface area contributed by atoms with Crippen LogP contribution in [0.15, 0.2) is 24.3 Å². The normalized spacial score (nSPS) is 11.4. The van der Waals surface area contributed by atoms with Crippen molar-refractivity contribution in [2.45, 2.75) is 33.2 Å². The Balaban J connectivity index is 2.16. The summed E-state index contributed by atoms with van der Waals surface area (Å²) in [6.07, 6.45) is 1.86. The minimum atomic E-state index is 0.796. The molecule has 0 amide bonds. The molecule has 0 bridgehead atoms. The van der Waals surface area contributed by atoms with E-state index >= 15 is 0 Å². The Morgan fingerprint density at radius 1 is 1.19 bits per heavy atom. The third-order valence-corrected chi connectivity index (χ3v) is 3.77. The van der Waals surface area contributed by atoms with E-state index in [0.717, 1.165) is 42.1 Å². The average Bonchev–Trinajstić information content (AvgIpc) is 3.08. The van der Waals surface area contributed by atoms with Gasteiger partial charge in [0.25, 0.3) is 0 Å². The van der Waals surface area contributed by atoms with Crippen LogP contribution in [0.2, 0.25) is 0 Å². The highest BCUT2D eigenvalue weighted by atomic mass is 15.4. The Hall–Kier alpha value is -2.14. The third kappa shape index (κ3) is 2.34. The van der Waals surface area contributed by atoms with Gasteiger partial charge in [0.1, 0.15) is 0 Å². The van der Waals surface area contributed by atoms with Gasteiger partial charge in [-0.2, -0.15) is 5.10 Å². The summed E-state index contributed by atoms with van der Waals surface area (Å²) in [6, 6.07) is 8.06. The van der Waals surface area contributed by atoms with Crippen LogP contribution in [0.5, 0.6) is 0 Å². The predicted molar refractivity (Wildman–Crippen MR) is 84.7 cm³/mol. The lowest BCUT2D eigenvalue weighted by Gasteiger charge is -2.05. The number of aromatic amines is 1. The van der Waals surface area contributed by atoms with Gasteiger partial charge in [0.2, 0.25) is 5.95 Å². The van der Waals surface area contributed by atoms with E-state index in [9.17, 15) is 0 Å². The molecule has 0 radical (unpaired) electrons. The van der Waals surface area contributed by atoms with E-state index in [-0.39, 0.29) is 0 Å². The van der Waals surface area contributed by atoms with E-state index < -0.39 is 0 Å². The number of hydrogen-bond acceptors (Lipinski definition) is 3. The second-order valence-corrected chi connectivity index (χ2v) is 5.10. The van der Waals surface area contributed by atoms with Crippen LogP contribution in [0.25, 0.3) is 17.0 Å². The topological polar surface area (TPSA) is 58.5 Å². The summed E-state index contributed by atoms with van der Waals surface area (Å²) < 4.78 is 1.96. The standard InChI is InChI=1S/C16H21N5/c1-4-12-11(10-17-3)15(5-2)21(20-12)16-18-13-8-6-7-9-14(13)19-16/h6-9,17H,4-5,10H2,1-3H3,(H,18,19). The van der Waals surface area contributed by atoms with Gasteiger partial charge in [0.05, 0.1) is 22.4 Å². The molecule has 5 heteroatoms. The van der Waals surface area contributed by atoms with E-state index in [0.29, 0.717) is 0 Å². The fourth-order valence-electron chi connectivity index (χ4n) is 2.78. The molecule has 1 aromatic carbocycles. The summed E-state index contributed by atoms with van der Waals surface area (Å²) >= 11 is 0. The van der Waals surface area contributed by atoms with Crippen LogP contribution in [0, 0.1) is 0 Å². The third-order valence-electron chi connectivity index (χ3n) is 3.77. The maximum atomic E-state index is 4.77. The smallest absolute Gasteiger partial charge is 0.229 e. The molecule has 0 aliphatic heterocycles. The number of hydrogen-bond donors (Lipinski definition) is 2. The molecule has 2 aromatic heterocycles. The first kappa shape index (κ1) is 13.8. The van der Waals surface area contributed by atoms with Crippen molar-refractivity contribution in [3.05, 3.63) is 41.2 Å². The van der Waals surface area contributed by atoms with Gasteiger partial charge in [0.15, 0.2) is 0 Å². The molecule has 0 aliphatic carbocycles. The maximum Gasteiger partial charge on any atom is 0.229 e. The van der Waals surface area contributed by atoms with Crippen LogP contribution in [-0.4, -0.2) is 26.8 Å². The van der Waals surface area contributed by atoms with Crippen LogP contribution in [0.4, 0.5) is 0 Å². The van der Waals surface area contributed by atoms with Crippen molar-refractivity contribution in [3.8, 4) is 5.95 Å². The first-order valence-corrected chi connectivity index (χ1v) is 7.47. The fourth-order valence-corrected chi connectivity index (χ4v) is 2.78. The number of rotatable bonds is 5. The molecule has 0 fully saturated rings. The van der Waals surface area contributed by atoms with Crippen LogP contribution >= 0.6 is 0 Å². The molecule has 3 rings (SSSR count). The number of imidazole rings is 1. The summed E-state index contributed by atoms with van der Waals surface area (Å²) in [5, 5.41) is 8.01. The molecule has 0 saturated carbocycles. The molecule has 21 heavy (non-hydrogen) atoms. The summed E-state index contributed by atoms with van der Waals surface area (Å²) in [5.74, 6) is 0.796. The molecule has 0 spiro atoms. The highest BCUT2D eigenvalue weighted by Gasteiger charge is 2.17. The zero-order valence-corrected chi connectivity index (χ0v) is 12.8. The minimum Gasteiger partial charge on any atom is -0.322 e. The van der Waals surface area contributed by atoms with Crippen molar-refractivity contribution in [2.24, 2.45) is 0 Å². The molecule has 2 N–H and O–H groups in total. The Labute approximate surface area is 124 Å². The second kappa shape index (κ2) is 5.69. The van der Waals surface area contributed by atoms with Gasteiger partial charge < -0.3 is 10.3 Å². The molecule has 3 aromatic rings. The number of para-hydroxylation sites is 2. The van der Waals surface area contributed by atoms with Crippen LogP contribution in [0.3, 0.4) is 0 Å². The molecule has 0 unspecified atom stereocenters. The Kier molecular flexibility index (Phi) is 3.75. The Bertz CT molecular complexity index is 720. The van der Waals surface area contributed by atoms with Gasteiger partial charge in [-0.25, -0.2) is 9.67 Å². The number of aromatic nitrogens is 4. The number of aryl methyl sites for hydroxylation is 1. The number of nitrogens with zero attached hydrogens (tertiary/aromatic N) is 3. The number of nitrogens with one attached hydrogen (secondary N) is 2. The van der Waals surface area contributed by atoms with Gasteiger partial charge in [-0.05, 0) is 32.0 Å².